The summed E-state index contributed by atoms with van der Waals surface area (Å²) in [5, 5.41) is 0. The van der Waals surface area contributed by atoms with Gasteiger partial charge < -0.3 is 29.8 Å². The van der Waals surface area contributed by atoms with Gasteiger partial charge in [0, 0.05) is 28.6 Å². The Balaban J connectivity index is 1.09. The van der Waals surface area contributed by atoms with Gasteiger partial charge in [-0.2, -0.15) is 0 Å². The second-order valence-corrected chi connectivity index (χ2v) is 9.22. The lowest BCUT2D eigenvalue weighted by atomic mass is 10.2. The van der Waals surface area contributed by atoms with Gasteiger partial charge in [0.2, 0.25) is 11.8 Å². The lowest BCUT2D eigenvalue weighted by Gasteiger charge is -2.06. The molecule has 40 heavy (non-hydrogen) atoms. The molecule has 4 N–H and O–H groups in total. The molecule has 0 atom stereocenters. The number of benzene rings is 5. The predicted molar refractivity (Wildman–Crippen MR) is 154 cm³/mol. The standard InChI is InChI=1S/C32H22N4O4/c33-21-5-13-25(14-6-21)37-23-9-1-19(2-10-23)31-35-27-17-28-30(18-29(27)39-31)40-32(36-28)20-3-11-24(12-4-20)38-26-15-7-22(34)8-16-26/h1-18H,33-34H2. The Labute approximate surface area is 228 Å². The van der Waals surface area contributed by atoms with Crippen molar-refractivity contribution in [3.05, 3.63) is 109 Å². The molecule has 0 aliphatic heterocycles. The molecule has 8 heteroatoms. The molecule has 0 amide bonds. The van der Waals surface area contributed by atoms with E-state index in [0.29, 0.717) is 68.4 Å². The average Bonchev–Trinajstić information content (AvgIpc) is 3.58. The third-order valence-electron chi connectivity index (χ3n) is 6.33. The molecule has 0 saturated heterocycles. The number of anilines is 2. The number of nitrogens with zero attached hydrogens (tertiary/aromatic N) is 2. The van der Waals surface area contributed by atoms with Crippen molar-refractivity contribution in [1.29, 1.82) is 0 Å². The molecular formula is C32H22N4O4. The fourth-order valence-electron chi connectivity index (χ4n) is 4.27. The van der Waals surface area contributed by atoms with Crippen molar-refractivity contribution in [2.75, 3.05) is 11.5 Å². The molecule has 0 fully saturated rings. The maximum Gasteiger partial charge on any atom is 0.227 e. The van der Waals surface area contributed by atoms with E-state index in [1.165, 1.54) is 0 Å². The van der Waals surface area contributed by atoms with Crippen LogP contribution in [0.25, 0.3) is 45.1 Å². The Hall–Kier alpha value is -5.76. The van der Waals surface area contributed by atoms with Gasteiger partial charge in [-0.15, -0.1) is 0 Å². The highest BCUT2D eigenvalue weighted by molar-refractivity contribution is 5.91. The number of aromatic nitrogens is 2. The fourth-order valence-corrected chi connectivity index (χ4v) is 4.27. The van der Waals surface area contributed by atoms with Crippen molar-refractivity contribution in [2.24, 2.45) is 0 Å². The van der Waals surface area contributed by atoms with Crippen LogP contribution >= 0.6 is 0 Å². The van der Waals surface area contributed by atoms with Crippen LogP contribution in [0.4, 0.5) is 11.4 Å². The molecule has 7 rings (SSSR count). The Bertz CT molecular complexity index is 1750. The van der Waals surface area contributed by atoms with E-state index in [0.717, 1.165) is 11.1 Å². The van der Waals surface area contributed by atoms with Crippen molar-refractivity contribution < 1.29 is 18.3 Å². The highest BCUT2D eigenvalue weighted by Gasteiger charge is 2.15. The Kier molecular flexibility index (Phi) is 5.56. The minimum atomic E-state index is 0.499. The summed E-state index contributed by atoms with van der Waals surface area (Å²) in [6.07, 6.45) is 0. The summed E-state index contributed by atoms with van der Waals surface area (Å²) in [6.45, 7) is 0. The zero-order chi connectivity index (χ0) is 27.1. The lowest BCUT2D eigenvalue weighted by molar-refractivity contribution is 0.482. The molecule has 194 valence electrons. The molecule has 0 aliphatic carbocycles. The van der Waals surface area contributed by atoms with Crippen LogP contribution in [0.15, 0.2) is 118 Å². The Morgan fingerprint density at radius 1 is 0.450 bits per heavy atom. The number of oxazole rings is 2. The normalized spacial score (nSPS) is 11.2. The van der Waals surface area contributed by atoms with Gasteiger partial charge in [-0.05, 0) is 103 Å². The SMILES string of the molecule is Nc1ccc(Oc2ccc(-c3nc4cc5nc(-c6ccc(Oc7ccc(N)cc7)cc6)oc5cc4o3)cc2)cc1. The Morgan fingerprint density at radius 3 is 1.18 bits per heavy atom. The molecule has 0 spiro atoms. The summed E-state index contributed by atoms with van der Waals surface area (Å²) in [5.41, 5.74) is 17.1. The van der Waals surface area contributed by atoms with Crippen LogP contribution < -0.4 is 20.9 Å². The van der Waals surface area contributed by atoms with Crippen molar-refractivity contribution >= 4 is 33.6 Å². The number of hydrogen-bond donors (Lipinski definition) is 2. The van der Waals surface area contributed by atoms with Crippen LogP contribution in [0, 0.1) is 0 Å². The van der Waals surface area contributed by atoms with E-state index < -0.39 is 0 Å². The van der Waals surface area contributed by atoms with Crippen LogP contribution in [0.2, 0.25) is 0 Å². The summed E-state index contributed by atoms with van der Waals surface area (Å²) >= 11 is 0. The predicted octanol–water partition coefficient (Wildman–Crippen LogP) is 8.05. The summed E-state index contributed by atoms with van der Waals surface area (Å²) < 4.78 is 23.8. The molecule has 2 aromatic heterocycles. The van der Waals surface area contributed by atoms with Gasteiger partial charge in [0.1, 0.15) is 34.0 Å². The van der Waals surface area contributed by atoms with E-state index in [1.807, 2.05) is 84.9 Å². The molecule has 2 heterocycles. The largest absolute Gasteiger partial charge is 0.457 e. The molecular weight excluding hydrogens is 504 g/mol. The minimum Gasteiger partial charge on any atom is -0.457 e. The topological polar surface area (TPSA) is 123 Å². The third kappa shape index (κ3) is 4.65. The van der Waals surface area contributed by atoms with E-state index in [1.54, 1.807) is 24.3 Å². The van der Waals surface area contributed by atoms with Crippen LogP contribution in [0.3, 0.4) is 0 Å². The first kappa shape index (κ1) is 23.4. The van der Waals surface area contributed by atoms with Crippen molar-refractivity contribution in [2.45, 2.75) is 0 Å². The van der Waals surface area contributed by atoms with Crippen LogP contribution in [0.5, 0.6) is 23.0 Å². The minimum absolute atomic E-state index is 0.499. The maximum absolute atomic E-state index is 6.05. The monoisotopic (exact) mass is 526 g/mol. The van der Waals surface area contributed by atoms with Gasteiger partial charge in [0.15, 0.2) is 11.2 Å². The number of hydrogen-bond acceptors (Lipinski definition) is 8. The van der Waals surface area contributed by atoms with Crippen molar-refractivity contribution in [1.82, 2.24) is 9.97 Å². The fraction of sp³-hybridized carbons (Fsp3) is 0. The first-order valence-corrected chi connectivity index (χ1v) is 12.5. The zero-order valence-electron chi connectivity index (χ0n) is 21.1. The van der Waals surface area contributed by atoms with Gasteiger partial charge in [0.25, 0.3) is 0 Å². The quantitative estimate of drug-likeness (QED) is 0.209. The number of fused-ring (bicyclic) bond motifs is 2. The summed E-state index contributed by atoms with van der Waals surface area (Å²) in [7, 11) is 0. The molecule has 0 bridgehead atoms. The van der Waals surface area contributed by atoms with Crippen LogP contribution in [0.1, 0.15) is 0 Å². The zero-order valence-corrected chi connectivity index (χ0v) is 21.1. The molecule has 0 radical (unpaired) electrons. The maximum atomic E-state index is 6.05. The lowest BCUT2D eigenvalue weighted by Crippen LogP contribution is -1.87. The number of nitrogen functional groups attached to an aromatic ring is 2. The van der Waals surface area contributed by atoms with Gasteiger partial charge >= 0.3 is 0 Å². The van der Waals surface area contributed by atoms with Crippen molar-refractivity contribution in [3.8, 4) is 45.9 Å². The van der Waals surface area contributed by atoms with Crippen molar-refractivity contribution in [3.63, 3.8) is 0 Å². The molecule has 0 unspecified atom stereocenters. The molecule has 5 aromatic carbocycles. The second-order valence-electron chi connectivity index (χ2n) is 9.22. The molecule has 0 aliphatic rings. The first-order valence-electron chi connectivity index (χ1n) is 12.5. The number of nitrogens with two attached hydrogens (primary N) is 2. The van der Waals surface area contributed by atoms with E-state index >= 15 is 0 Å². The first-order chi connectivity index (χ1) is 19.6. The van der Waals surface area contributed by atoms with E-state index in [4.69, 9.17) is 29.8 Å². The number of rotatable bonds is 6. The molecule has 8 nitrogen and oxygen atoms in total. The highest BCUT2D eigenvalue weighted by Crippen LogP contribution is 2.33. The van der Waals surface area contributed by atoms with Crippen LogP contribution in [-0.4, -0.2) is 9.97 Å². The summed E-state index contributed by atoms with van der Waals surface area (Å²) in [6, 6.07) is 33.2. The number of ether oxygens (including phenoxy) is 2. The summed E-state index contributed by atoms with van der Waals surface area (Å²) in [4.78, 5) is 9.34. The van der Waals surface area contributed by atoms with E-state index in [9.17, 15) is 0 Å². The summed E-state index contributed by atoms with van der Waals surface area (Å²) in [5.74, 6) is 3.81. The van der Waals surface area contributed by atoms with Gasteiger partial charge in [-0.1, -0.05) is 0 Å². The van der Waals surface area contributed by atoms with Gasteiger partial charge in [0.05, 0.1) is 0 Å². The van der Waals surface area contributed by atoms with E-state index in [2.05, 4.69) is 9.97 Å². The molecule has 0 saturated carbocycles. The second kappa shape index (κ2) is 9.52. The third-order valence-corrected chi connectivity index (χ3v) is 6.33. The Morgan fingerprint density at radius 2 is 0.800 bits per heavy atom. The highest BCUT2D eigenvalue weighted by atomic mass is 16.5. The van der Waals surface area contributed by atoms with Gasteiger partial charge in [-0.25, -0.2) is 9.97 Å². The smallest absolute Gasteiger partial charge is 0.227 e. The van der Waals surface area contributed by atoms with Gasteiger partial charge in [-0.3, -0.25) is 0 Å². The molecule has 7 aromatic rings. The van der Waals surface area contributed by atoms with Crippen LogP contribution in [-0.2, 0) is 0 Å². The average molecular weight is 527 g/mol. The van der Waals surface area contributed by atoms with E-state index in [-0.39, 0.29) is 0 Å².